The summed E-state index contributed by atoms with van der Waals surface area (Å²) in [4.78, 5) is 23.7. The molecule has 3 aromatic rings. The first-order valence-electron chi connectivity index (χ1n) is 9.21. The predicted molar refractivity (Wildman–Crippen MR) is 99.0 cm³/mol. The van der Waals surface area contributed by atoms with Crippen molar-refractivity contribution >= 4 is 17.4 Å². The second kappa shape index (κ2) is 6.15. The molecule has 0 aromatic carbocycles. The number of carbonyl (C=O) groups excluding carboxylic acids is 1. The van der Waals surface area contributed by atoms with E-state index in [0.29, 0.717) is 29.2 Å². The molecule has 2 aliphatic heterocycles. The van der Waals surface area contributed by atoms with Gasteiger partial charge in [-0.15, -0.1) is 0 Å². The Hall–Kier alpha value is -3.23. The Morgan fingerprint density at radius 2 is 2.14 bits per heavy atom. The highest BCUT2D eigenvalue weighted by Gasteiger charge is 2.31. The van der Waals surface area contributed by atoms with E-state index in [4.69, 9.17) is 9.72 Å². The molecule has 0 aliphatic carbocycles. The van der Waals surface area contributed by atoms with Gasteiger partial charge in [0.2, 0.25) is 5.88 Å². The molecule has 5 heterocycles. The molecular formula is C19H19FN6O2. The number of anilines is 1. The van der Waals surface area contributed by atoms with Gasteiger partial charge in [-0.3, -0.25) is 4.79 Å². The second-order valence-corrected chi connectivity index (χ2v) is 7.40. The zero-order chi connectivity index (χ0) is 19.4. The molecule has 144 valence electrons. The van der Waals surface area contributed by atoms with Gasteiger partial charge in [0.1, 0.15) is 23.8 Å². The van der Waals surface area contributed by atoms with Gasteiger partial charge in [0.05, 0.1) is 25.0 Å². The highest BCUT2D eigenvalue weighted by Crippen LogP contribution is 2.34. The van der Waals surface area contributed by atoms with Crippen molar-refractivity contribution < 1.29 is 13.9 Å². The van der Waals surface area contributed by atoms with Crippen molar-refractivity contribution in [3.8, 4) is 5.88 Å². The second-order valence-electron chi connectivity index (χ2n) is 7.40. The Balaban J connectivity index is 1.68. The van der Waals surface area contributed by atoms with Gasteiger partial charge in [-0.1, -0.05) is 0 Å². The van der Waals surface area contributed by atoms with Crippen molar-refractivity contribution in [3.63, 3.8) is 0 Å². The van der Waals surface area contributed by atoms with Crippen LogP contribution in [0.4, 0.5) is 10.2 Å². The third kappa shape index (κ3) is 2.65. The molecule has 0 saturated heterocycles. The number of carbonyl (C=O) groups is 1. The normalized spacial score (nSPS) is 21.5. The minimum absolute atomic E-state index is 0.159. The quantitative estimate of drug-likeness (QED) is 0.637. The predicted octanol–water partition coefficient (Wildman–Crippen LogP) is 1.73. The maximum Gasteiger partial charge on any atom is 0.257 e. The van der Waals surface area contributed by atoms with E-state index >= 15 is 0 Å². The SMILES string of the molecule is C[C@@H]1COc2ncc(F)cc2CN2c3nc4c(cnn4cc3C[C@H]2C)C(=O)N1. The largest absolute Gasteiger partial charge is 0.475 e. The number of hydrogen-bond acceptors (Lipinski definition) is 6. The molecule has 2 aliphatic rings. The molecular weight excluding hydrogens is 363 g/mol. The molecule has 0 saturated carbocycles. The average Bonchev–Trinajstić information content (AvgIpc) is 3.19. The lowest BCUT2D eigenvalue weighted by Crippen LogP contribution is -2.37. The van der Waals surface area contributed by atoms with Gasteiger partial charge in [0.15, 0.2) is 5.65 Å². The van der Waals surface area contributed by atoms with Gasteiger partial charge in [-0.2, -0.15) is 5.10 Å². The van der Waals surface area contributed by atoms with E-state index < -0.39 is 5.82 Å². The van der Waals surface area contributed by atoms with Crippen LogP contribution in [-0.4, -0.2) is 44.2 Å². The van der Waals surface area contributed by atoms with E-state index in [9.17, 15) is 9.18 Å². The van der Waals surface area contributed by atoms with Crippen molar-refractivity contribution in [1.29, 1.82) is 0 Å². The summed E-state index contributed by atoms with van der Waals surface area (Å²) in [5.74, 6) is 0.466. The number of nitrogens with zero attached hydrogens (tertiary/aromatic N) is 5. The van der Waals surface area contributed by atoms with Crippen LogP contribution < -0.4 is 15.0 Å². The number of pyridine rings is 1. The highest BCUT2D eigenvalue weighted by molar-refractivity contribution is 6.00. The summed E-state index contributed by atoms with van der Waals surface area (Å²) in [7, 11) is 0. The number of amides is 1. The standard InChI is InChI=1S/C19H19FN6O2/c1-10-9-28-19-13(4-14(20)5-21-19)7-25-11(2)3-12-8-26-17(24-16(12)25)15(6-22-26)18(27)23-10/h4-6,8,10-11H,3,7,9H2,1-2H3,(H,23,27)/t10-,11-/m1/s1. The first-order valence-corrected chi connectivity index (χ1v) is 9.21. The Morgan fingerprint density at radius 3 is 3.00 bits per heavy atom. The fraction of sp³-hybridized carbons (Fsp3) is 0.368. The number of rotatable bonds is 0. The Morgan fingerprint density at radius 1 is 1.29 bits per heavy atom. The van der Waals surface area contributed by atoms with Crippen molar-refractivity contribution in [2.45, 2.75) is 38.9 Å². The third-order valence-electron chi connectivity index (χ3n) is 5.19. The van der Waals surface area contributed by atoms with Crippen LogP contribution >= 0.6 is 0 Å². The molecule has 2 bridgehead atoms. The minimum atomic E-state index is -0.415. The monoisotopic (exact) mass is 382 g/mol. The van der Waals surface area contributed by atoms with E-state index in [1.165, 1.54) is 12.3 Å². The third-order valence-corrected chi connectivity index (χ3v) is 5.19. The molecule has 5 rings (SSSR count). The van der Waals surface area contributed by atoms with Crippen LogP contribution in [0.15, 0.2) is 24.7 Å². The molecule has 9 heteroatoms. The number of ether oxygens (including phenoxy) is 1. The smallest absolute Gasteiger partial charge is 0.257 e. The van der Waals surface area contributed by atoms with Gasteiger partial charge in [0.25, 0.3) is 5.91 Å². The van der Waals surface area contributed by atoms with Crippen LogP contribution in [0.2, 0.25) is 0 Å². The van der Waals surface area contributed by atoms with Crippen LogP contribution in [0.5, 0.6) is 5.88 Å². The molecule has 0 spiro atoms. The number of halogens is 1. The van der Waals surface area contributed by atoms with Crippen molar-refractivity contribution in [1.82, 2.24) is 24.9 Å². The molecule has 8 nitrogen and oxygen atoms in total. The summed E-state index contributed by atoms with van der Waals surface area (Å²) in [6.45, 7) is 4.55. The van der Waals surface area contributed by atoms with E-state index in [0.717, 1.165) is 24.0 Å². The summed E-state index contributed by atoms with van der Waals surface area (Å²) >= 11 is 0. The maximum atomic E-state index is 13.9. The molecule has 0 fully saturated rings. The Bertz CT molecular complexity index is 1100. The number of hydrogen-bond donors (Lipinski definition) is 1. The van der Waals surface area contributed by atoms with E-state index in [1.54, 1.807) is 4.52 Å². The Kier molecular flexibility index (Phi) is 3.71. The first kappa shape index (κ1) is 16.9. The lowest BCUT2D eigenvalue weighted by molar-refractivity contribution is 0.0927. The van der Waals surface area contributed by atoms with Crippen LogP contribution in [0.3, 0.4) is 0 Å². The Labute approximate surface area is 160 Å². The number of nitrogens with one attached hydrogen (secondary N) is 1. The van der Waals surface area contributed by atoms with E-state index in [1.807, 2.05) is 13.1 Å². The average molecular weight is 382 g/mol. The molecule has 2 atom stereocenters. The van der Waals surface area contributed by atoms with Gasteiger partial charge in [0, 0.05) is 23.4 Å². The van der Waals surface area contributed by atoms with Gasteiger partial charge >= 0.3 is 0 Å². The summed E-state index contributed by atoms with van der Waals surface area (Å²) in [6, 6.07) is 1.33. The molecule has 28 heavy (non-hydrogen) atoms. The fourth-order valence-electron chi connectivity index (χ4n) is 3.80. The van der Waals surface area contributed by atoms with Crippen LogP contribution in [0.25, 0.3) is 5.65 Å². The zero-order valence-corrected chi connectivity index (χ0v) is 15.5. The number of aromatic nitrogens is 4. The van der Waals surface area contributed by atoms with Gasteiger partial charge < -0.3 is 15.0 Å². The molecule has 0 unspecified atom stereocenters. The van der Waals surface area contributed by atoms with E-state index in [-0.39, 0.29) is 24.6 Å². The summed E-state index contributed by atoms with van der Waals surface area (Å²) in [5, 5.41) is 7.18. The molecule has 0 radical (unpaired) electrons. The summed E-state index contributed by atoms with van der Waals surface area (Å²) < 4.78 is 21.3. The van der Waals surface area contributed by atoms with Crippen molar-refractivity contribution in [2.75, 3.05) is 11.5 Å². The minimum Gasteiger partial charge on any atom is -0.475 e. The first-order chi connectivity index (χ1) is 13.5. The van der Waals surface area contributed by atoms with Crippen molar-refractivity contribution in [2.24, 2.45) is 0 Å². The fourth-order valence-corrected chi connectivity index (χ4v) is 3.80. The summed E-state index contributed by atoms with van der Waals surface area (Å²) in [6.07, 6.45) is 5.37. The van der Waals surface area contributed by atoms with Crippen LogP contribution in [0, 0.1) is 5.82 Å². The lowest BCUT2D eigenvalue weighted by Gasteiger charge is -2.25. The molecule has 1 amide bonds. The lowest BCUT2D eigenvalue weighted by atomic mass is 10.2. The maximum absolute atomic E-state index is 13.9. The summed E-state index contributed by atoms with van der Waals surface area (Å²) in [5.41, 5.74) is 2.59. The van der Waals surface area contributed by atoms with Crippen molar-refractivity contribution in [3.05, 3.63) is 47.2 Å². The van der Waals surface area contributed by atoms with Gasteiger partial charge in [-0.25, -0.2) is 18.9 Å². The molecule has 3 aromatic heterocycles. The zero-order valence-electron chi connectivity index (χ0n) is 15.5. The number of fused-ring (bicyclic) bond motifs is 1. The topological polar surface area (TPSA) is 84.7 Å². The van der Waals surface area contributed by atoms with Crippen LogP contribution in [0.1, 0.15) is 35.3 Å². The molecule has 1 N–H and O–H groups in total. The highest BCUT2D eigenvalue weighted by atomic mass is 19.1. The van der Waals surface area contributed by atoms with Crippen LogP contribution in [-0.2, 0) is 13.0 Å². The van der Waals surface area contributed by atoms with Gasteiger partial charge in [-0.05, 0) is 26.3 Å². The van der Waals surface area contributed by atoms with E-state index in [2.05, 4.69) is 27.2 Å².